The smallest absolute Gasteiger partial charge is 0.191 e. The highest BCUT2D eigenvalue weighted by atomic mass is 32.2. The lowest BCUT2D eigenvalue weighted by Crippen LogP contribution is -2.38. The fraction of sp³-hybridized carbons (Fsp3) is 0.368. The Labute approximate surface area is 154 Å². The molecule has 2 aromatic rings. The standard InChI is InChI=1S/C19H26N4OS/c1-14-12-22-17(15(2)18(14)24-4)13-23-19(20-3)21-10-11-25-16-8-6-5-7-9-16/h5-9,12H,10-11,13H2,1-4H3,(H2,20,21,23). The molecule has 0 atom stereocenters. The Balaban J connectivity index is 1.81. The molecule has 25 heavy (non-hydrogen) atoms. The summed E-state index contributed by atoms with van der Waals surface area (Å²) in [5, 5.41) is 6.64. The third kappa shape index (κ3) is 5.67. The van der Waals surface area contributed by atoms with Crippen molar-refractivity contribution in [2.75, 3.05) is 26.5 Å². The van der Waals surface area contributed by atoms with Gasteiger partial charge in [0.2, 0.25) is 0 Å². The van der Waals surface area contributed by atoms with Crippen molar-refractivity contribution in [3.8, 4) is 5.75 Å². The molecular weight excluding hydrogens is 332 g/mol. The minimum atomic E-state index is 0.605. The fourth-order valence-electron chi connectivity index (χ4n) is 2.49. The number of guanidine groups is 1. The maximum Gasteiger partial charge on any atom is 0.191 e. The minimum absolute atomic E-state index is 0.605. The van der Waals surface area contributed by atoms with E-state index in [0.29, 0.717) is 6.54 Å². The molecule has 0 spiro atoms. The number of pyridine rings is 1. The van der Waals surface area contributed by atoms with E-state index < -0.39 is 0 Å². The van der Waals surface area contributed by atoms with Crippen LogP contribution in [0.3, 0.4) is 0 Å². The molecule has 0 aliphatic heterocycles. The third-order valence-electron chi connectivity index (χ3n) is 3.80. The lowest BCUT2D eigenvalue weighted by Gasteiger charge is -2.15. The summed E-state index contributed by atoms with van der Waals surface area (Å²) in [5.74, 6) is 2.64. The number of aromatic nitrogens is 1. The summed E-state index contributed by atoms with van der Waals surface area (Å²) in [6.45, 7) is 5.47. The second-order valence-electron chi connectivity index (χ2n) is 5.56. The molecule has 2 rings (SSSR count). The zero-order valence-electron chi connectivity index (χ0n) is 15.3. The van der Waals surface area contributed by atoms with Crippen LogP contribution in [-0.2, 0) is 6.54 Å². The lowest BCUT2D eigenvalue weighted by atomic mass is 10.1. The molecule has 0 fully saturated rings. The summed E-state index contributed by atoms with van der Waals surface area (Å²) >= 11 is 1.82. The quantitative estimate of drug-likeness (QED) is 0.345. The van der Waals surface area contributed by atoms with Crippen molar-refractivity contribution in [3.63, 3.8) is 0 Å². The Morgan fingerprint density at radius 3 is 2.64 bits per heavy atom. The van der Waals surface area contributed by atoms with E-state index in [1.54, 1.807) is 14.2 Å². The highest BCUT2D eigenvalue weighted by molar-refractivity contribution is 7.99. The first-order chi connectivity index (χ1) is 12.2. The zero-order valence-corrected chi connectivity index (χ0v) is 16.1. The molecule has 5 nitrogen and oxygen atoms in total. The molecule has 6 heteroatoms. The molecule has 0 aliphatic carbocycles. The summed E-state index contributed by atoms with van der Waals surface area (Å²) in [6, 6.07) is 10.4. The number of nitrogens with zero attached hydrogens (tertiary/aromatic N) is 2. The van der Waals surface area contributed by atoms with E-state index in [9.17, 15) is 0 Å². The van der Waals surface area contributed by atoms with Crippen LogP contribution in [0.15, 0.2) is 46.4 Å². The van der Waals surface area contributed by atoms with Crippen molar-refractivity contribution in [2.45, 2.75) is 25.3 Å². The van der Waals surface area contributed by atoms with Gasteiger partial charge in [-0.25, -0.2) is 0 Å². The molecule has 0 saturated heterocycles. The van der Waals surface area contributed by atoms with Crippen LogP contribution < -0.4 is 15.4 Å². The van der Waals surface area contributed by atoms with Crippen LogP contribution in [0.5, 0.6) is 5.75 Å². The molecular formula is C19H26N4OS. The molecule has 0 saturated carbocycles. The fourth-order valence-corrected chi connectivity index (χ4v) is 3.28. The summed E-state index contributed by atoms with van der Waals surface area (Å²) in [6.07, 6.45) is 1.84. The number of thioether (sulfide) groups is 1. The van der Waals surface area contributed by atoms with Gasteiger partial charge in [0.05, 0.1) is 19.3 Å². The van der Waals surface area contributed by atoms with Crippen LogP contribution in [0.2, 0.25) is 0 Å². The molecule has 1 aromatic heterocycles. The number of hydrogen-bond acceptors (Lipinski definition) is 4. The number of benzene rings is 1. The van der Waals surface area contributed by atoms with Gasteiger partial charge in [0, 0.05) is 41.6 Å². The Kier molecular flexibility index (Phi) is 7.60. The van der Waals surface area contributed by atoms with Gasteiger partial charge >= 0.3 is 0 Å². The maximum absolute atomic E-state index is 5.45. The Hall–Kier alpha value is -2.21. The van der Waals surface area contributed by atoms with Gasteiger partial charge in [0.1, 0.15) is 5.75 Å². The van der Waals surface area contributed by atoms with E-state index in [2.05, 4.69) is 44.9 Å². The number of rotatable bonds is 7. The van der Waals surface area contributed by atoms with Crippen LogP contribution in [0.1, 0.15) is 16.8 Å². The molecule has 0 unspecified atom stereocenters. The van der Waals surface area contributed by atoms with Gasteiger partial charge in [-0.05, 0) is 26.0 Å². The maximum atomic E-state index is 5.45. The number of methoxy groups -OCH3 is 1. The van der Waals surface area contributed by atoms with Crippen LogP contribution in [0.25, 0.3) is 0 Å². The van der Waals surface area contributed by atoms with Gasteiger partial charge in [-0.1, -0.05) is 18.2 Å². The summed E-state index contributed by atoms with van der Waals surface area (Å²) in [7, 11) is 3.47. The number of ether oxygens (including phenoxy) is 1. The van der Waals surface area contributed by atoms with E-state index in [4.69, 9.17) is 4.74 Å². The average molecular weight is 359 g/mol. The molecule has 0 amide bonds. The van der Waals surface area contributed by atoms with Gasteiger partial charge in [0.15, 0.2) is 5.96 Å². The van der Waals surface area contributed by atoms with Gasteiger partial charge in [0.25, 0.3) is 0 Å². The van der Waals surface area contributed by atoms with E-state index in [1.165, 1.54) is 4.90 Å². The molecule has 0 bridgehead atoms. The number of aryl methyl sites for hydroxylation is 1. The topological polar surface area (TPSA) is 58.5 Å². The summed E-state index contributed by atoms with van der Waals surface area (Å²) in [4.78, 5) is 10.0. The van der Waals surface area contributed by atoms with Gasteiger partial charge < -0.3 is 15.4 Å². The number of nitrogens with one attached hydrogen (secondary N) is 2. The van der Waals surface area contributed by atoms with Crippen LogP contribution in [0.4, 0.5) is 0 Å². The zero-order chi connectivity index (χ0) is 18.1. The Morgan fingerprint density at radius 2 is 1.96 bits per heavy atom. The average Bonchev–Trinajstić information content (AvgIpc) is 2.64. The van der Waals surface area contributed by atoms with Crippen molar-refractivity contribution >= 4 is 17.7 Å². The van der Waals surface area contributed by atoms with E-state index >= 15 is 0 Å². The second kappa shape index (κ2) is 9.93. The van der Waals surface area contributed by atoms with E-state index in [1.807, 2.05) is 37.9 Å². The molecule has 2 N–H and O–H groups in total. The van der Waals surface area contributed by atoms with Crippen molar-refractivity contribution in [1.29, 1.82) is 0 Å². The van der Waals surface area contributed by atoms with Crippen molar-refractivity contribution in [1.82, 2.24) is 15.6 Å². The van der Waals surface area contributed by atoms with Crippen molar-refractivity contribution in [3.05, 3.63) is 53.3 Å². The summed E-state index contributed by atoms with van der Waals surface area (Å²) < 4.78 is 5.45. The molecule has 1 heterocycles. The molecule has 1 aromatic carbocycles. The molecule has 134 valence electrons. The predicted octanol–water partition coefficient (Wildman–Crippen LogP) is 3.16. The van der Waals surface area contributed by atoms with Crippen LogP contribution in [-0.4, -0.2) is 37.4 Å². The highest BCUT2D eigenvalue weighted by Gasteiger charge is 2.09. The molecule has 0 aliphatic rings. The Bertz CT molecular complexity index is 704. The number of aliphatic imine (C=N–C) groups is 1. The normalized spacial score (nSPS) is 11.3. The monoisotopic (exact) mass is 358 g/mol. The van der Waals surface area contributed by atoms with Gasteiger partial charge in [-0.2, -0.15) is 0 Å². The molecule has 0 radical (unpaired) electrons. The van der Waals surface area contributed by atoms with Gasteiger partial charge in [-0.15, -0.1) is 11.8 Å². The predicted molar refractivity (Wildman–Crippen MR) is 106 cm³/mol. The Morgan fingerprint density at radius 1 is 1.20 bits per heavy atom. The van der Waals surface area contributed by atoms with Crippen molar-refractivity contribution in [2.24, 2.45) is 4.99 Å². The first kappa shape index (κ1) is 19.1. The first-order valence-corrected chi connectivity index (χ1v) is 9.25. The van der Waals surface area contributed by atoms with Crippen LogP contribution in [0, 0.1) is 13.8 Å². The van der Waals surface area contributed by atoms with Crippen LogP contribution >= 0.6 is 11.8 Å². The first-order valence-electron chi connectivity index (χ1n) is 8.27. The van der Waals surface area contributed by atoms with Crippen molar-refractivity contribution < 1.29 is 4.74 Å². The largest absolute Gasteiger partial charge is 0.496 e. The highest BCUT2D eigenvalue weighted by Crippen LogP contribution is 2.23. The summed E-state index contributed by atoms with van der Waals surface area (Å²) in [5.41, 5.74) is 3.07. The van der Waals surface area contributed by atoms with Gasteiger partial charge in [-0.3, -0.25) is 9.98 Å². The lowest BCUT2D eigenvalue weighted by molar-refractivity contribution is 0.406. The second-order valence-corrected chi connectivity index (χ2v) is 6.73. The van der Waals surface area contributed by atoms with E-state index in [-0.39, 0.29) is 0 Å². The minimum Gasteiger partial charge on any atom is -0.496 e. The SMILES string of the molecule is CN=C(NCCSc1ccccc1)NCc1ncc(C)c(OC)c1C. The third-order valence-corrected chi connectivity index (χ3v) is 4.82. The number of hydrogen-bond donors (Lipinski definition) is 2. The van der Waals surface area contributed by atoms with E-state index in [0.717, 1.165) is 40.8 Å².